The van der Waals surface area contributed by atoms with Gasteiger partial charge in [0, 0.05) is 32.2 Å². The van der Waals surface area contributed by atoms with Crippen molar-refractivity contribution < 1.29 is 9.32 Å². The number of amides is 1. The van der Waals surface area contributed by atoms with Crippen LogP contribution in [0.5, 0.6) is 0 Å². The molecule has 0 N–H and O–H groups in total. The highest BCUT2D eigenvalue weighted by Gasteiger charge is 2.29. The molecule has 0 radical (unpaired) electrons. The molecule has 1 aliphatic rings. The molecule has 0 saturated carbocycles. The minimum absolute atomic E-state index is 0.0317. The van der Waals surface area contributed by atoms with E-state index in [2.05, 4.69) is 23.9 Å². The zero-order valence-corrected chi connectivity index (χ0v) is 13.1. The number of piperidine rings is 1. The highest BCUT2D eigenvalue weighted by atomic mass is 16.5. The van der Waals surface area contributed by atoms with Crippen molar-refractivity contribution in [3.05, 3.63) is 17.0 Å². The van der Waals surface area contributed by atoms with E-state index >= 15 is 0 Å². The quantitative estimate of drug-likeness (QED) is 0.851. The van der Waals surface area contributed by atoms with Gasteiger partial charge in [-0.3, -0.25) is 4.79 Å². The molecule has 0 atom stereocenters. The van der Waals surface area contributed by atoms with Gasteiger partial charge in [-0.25, -0.2) is 0 Å². The van der Waals surface area contributed by atoms with Gasteiger partial charge in [0.25, 0.3) is 5.91 Å². The lowest BCUT2D eigenvalue weighted by atomic mass is 10.0. The summed E-state index contributed by atoms with van der Waals surface area (Å²) in [5.41, 5.74) is 1.30. The van der Waals surface area contributed by atoms with Crippen molar-refractivity contribution >= 4 is 5.91 Å². The average Bonchev–Trinajstić information content (AvgIpc) is 2.76. The Bertz CT molecular complexity index is 454. The molecular formula is C15H25N3O2. The van der Waals surface area contributed by atoms with Crippen LogP contribution in [0.15, 0.2) is 4.52 Å². The summed E-state index contributed by atoms with van der Waals surface area (Å²) in [6.45, 7) is 10.2. The zero-order valence-electron chi connectivity index (χ0n) is 13.1. The average molecular weight is 279 g/mol. The largest absolute Gasteiger partial charge is 0.361 e. The number of hydrogen-bond acceptors (Lipinski definition) is 4. The summed E-state index contributed by atoms with van der Waals surface area (Å²) >= 11 is 0. The standard InChI is InChI=1S/C15H25N3O2/c1-10(2)18-8-6-13(7-9-18)17(5)15(19)14-11(3)16-20-12(14)4/h10,13H,6-9H2,1-5H3. The molecule has 2 heterocycles. The Balaban J connectivity index is 2.02. The number of rotatable bonds is 3. The third-order valence-electron chi connectivity index (χ3n) is 4.34. The maximum Gasteiger partial charge on any atom is 0.259 e. The Kier molecular flexibility index (Phi) is 4.48. The Morgan fingerprint density at radius 1 is 1.35 bits per heavy atom. The fourth-order valence-corrected chi connectivity index (χ4v) is 2.92. The molecule has 0 spiro atoms. The summed E-state index contributed by atoms with van der Waals surface area (Å²) in [4.78, 5) is 16.9. The molecule has 2 rings (SSSR count). The number of hydrogen-bond donors (Lipinski definition) is 0. The molecule has 0 aromatic carbocycles. The van der Waals surface area contributed by atoms with Crippen molar-refractivity contribution in [1.29, 1.82) is 0 Å². The summed E-state index contributed by atoms with van der Waals surface area (Å²) in [6.07, 6.45) is 2.06. The van der Waals surface area contributed by atoms with E-state index in [-0.39, 0.29) is 5.91 Å². The normalized spacial score (nSPS) is 17.7. The van der Waals surface area contributed by atoms with E-state index in [9.17, 15) is 4.79 Å². The zero-order chi connectivity index (χ0) is 14.9. The molecular weight excluding hydrogens is 254 g/mol. The number of aryl methyl sites for hydroxylation is 2. The monoisotopic (exact) mass is 279 g/mol. The molecule has 0 bridgehead atoms. The van der Waals surface area contributed by atoms with Gasteiger partial charge >= 0.3 is 0 Å². The first-order valence-electron chi connectivity index (χ1n) is 7.36. The lowest BCUT2D eigenvalue weighted by Gasteiger charge is -2.38. The van der Waals surface area contributed by atoms with Gasteiger partial charge in [0.05, 0.1) is 5.69 Å². The van der Waals surface area contributed by atoms with Crippen molar-refractivity contribution in [2.45, 2.75) is 52.6 Å². The van der Waals surface area contributed by atoms with Crippen molar-refractivity contribution in [2.75, 3.05) is 20.1 Å². The van der Waals surface area contributed by atoms with Crippen LogP contribution < -0.4 is 0 Å². The van der Waals surface area contributed by atoms with Gasteiger partial charge in [-0.15, -0.1) is 0 Å². The van der Waals surface area contributed by atoms with Gasteiger partial charge in [-0.2, -0.15) is 0 Å². The smallest absolute Gasteiger partial charge is 0.259 e. The Morgan fingerprint density at radius 2 is 1.95 bits per heavy atom. The maximum atomic E-state index is 12.6. The van der Waals surface area contributed by atoms with E-state index in [0.29, 0.717) is 29.1 Å². The molecule has 1 saturated heterocycles. The summed E-state index contributed by atoms with van der Waals surface area (Å²) in [7, 11) is 1.89. The molecule has 20 heavy (non-hydrogen) atoms. The Morgan fingerprint density at radius 3 is 2.40 bits per heavy atom. The molecule has 0 unspecified atom stereocenters. The summed E-state index contributed by atoms with van der Waals surface area (Å²) in [5, 5.41) is 3.87. The fourth-order valence-electron chi connectivity index (χ4n) is 2.92. The third kappa shape index (κ3) is 2.87. The predicted molar refractivity (Wildman–Crippen MR) is 77.8 cm³/mol. The van der Waals surface area contributed by atoms with E-state index in [1.165, 1.54) is 0 Å². The van der Waals surface area contributed by atoms with E-state index in [1.54, 1.807) is 6.92 Å². The fraction of sp³-hybridized carbons (Fsp3) is 0.733. The predicted octanol–water partition coefficient (Wildman–Crippen LogP) is 2.24. The molecule has 0 aliphatic carbocycles. The first-order valence-corrected chi connectivity index (χ1v) is 7.36. The molecule has 1 fully saturated rings. The SMILES string of the molecule is Cc1noc(C)c1C(=O)N(C)C1CCN(C(C)C)CC1. The Hall–Kier alpha value is -1.36. The number of carbonyl (C=O) groups is 1. The van der Waals surface area contributed by atoms with Crippen LogP contribution in [0.1, 0.15) is 48.5 Å². The van der Waals surface area contributed by atoms with Crippen molar-refractivity contribution in [3.63, 3.8) is 0 Å². The lowest BCUT2D eigenvalue weighted by Crippen LogP contribution is -2.47. The number of likely N-dealkylation sites (tertiary alicyclic amines) is 1. The van der Waals surface area contributed by atoms with E-state index in [1.807, 2.05) is 18.9 Å². The molecule has 5 heteroatoms. The van der Waals surface area contributed by atoms with Crippen LogP contribution in [0.3, 0.4) is 0 Å². The van der Waals surface area contributed by atoms with Crippen LogP contribution in [0.2, 0.25) is 0 Å². The number of aromatic nitrogens is 1. The summed E-state index contributed by atoms with van der Waals surface area (Å²) in [6, 6.07) is 0.894. The van der Waals surface area contributed by atoms with E-state index in [4.69, 9.17) is 4.52 Å². The van der Waals surface area contributed by atoms with Crippen molar-refractivity contribution in [3.8, 4) is 0 Å². The van der Waals surface area contributed by atoms with Crippen molar-refractivity contribution in [2.24, 2.45) is 0 Å². The number of carbonyl (C=O) groups excluding carboxylic acids is 1. The molecule has 112 valence electrons. The van der Waals surface area contributed by atoms with Gasteiger partial charge in [-0.1, -0.05) is 5.16 Å². The minimum Gasteiger partial charge on any atom is -0.361 e. The van der Waals surface area contributed by atoms with Gasteiger partial charge in [0.2, 0.25) is 0 Å². The van der Waals surface area contributed by atoms with Crippen LogP contribution >= 0.6 is 0 Å². The Labute approximate surface area is 120 Å². The van der Waals surface area contributed by atoms with Gasteiger partial charge < -0.3 is 14.3 Å². The topological polar surface area (TPSA) is 49.6 Å². The van der Waals surface area contributed by atoms with Crippen LogP contribution in [0.25, 0.3) is 0 Å². The molecule has 1 amide bonds. The molecule has 1 aromatic heterocycles. The molecule has 1 aromatic rings. The first kappa shape index (κ1) is 15.0. The van der Waals surface area contributed by atoms with E-state index in [0.717, 1.165) is 25.9 Å². The highest BCUT2D eigenvalue weighted by Crippen LogP contribution is 2.21. The van der Waals surface area contributed by atoms with Gasteiger partial charge in [0.15, 0.2) is 0 Å². The molecule has 1 aliphatic heterocycles. The second kappa shape index (κ2) is 5.95. The number of nitrogens with zero attached hydrogens (tertiary/aromatic N) is 3. The van der Waals surface area contributed by atoms with Gasteiger partial charge in [-0.05, 0) is 40.5 Å². The highest BCUT2D eigenvalue weighted by molar-refractivity contribution is 5.96. The van der Waals surface area contributed by atoms with Gasteiger partial charge in [0.1, 0.15) is 11.3 Å². The summed E-state index contributed by atoms with van der Waals surface area (Å²) < 4.78 is 5.10. The molecule has 5 nitrogen and oxygen atoms in total. The lowest BCUT2D eigenvalue weighted by molar-refractivity contribution is 0.0613. The summed E-state index contributed by atoms with van der Waals surface area (Å²) in [5.74, 6) is 0.642. The third-order valence-corrected chi connectivity index (χ3v) is 4.34. The van der Waals surface area contributed by atoms with Crippen LogP contribution in [-0.4, -0.2) is 53.1 Å². The van der Waals surface area contributed by atoms with Crippen LogP contribution in [0, 0.1) is 13.8 Å². The second-order valence-corrected chi connectivity index (χ2v) is 5.98. The first-order chi connectivity index (χ1) is 9.41. The van der Waals surface area contributed by atoms with Crippen LogP contribution in [-0.2, 0) is 0 Å². The minimum atomic E-state index is 0.0317. The van der Waals surface area contributed by atoms with E-state index < -0.39 is 0 Å². The van der Waals surface area contributed by atoms with Crippen LogP contribution in [0.4, 0.5) is 0 Å². The van der Waals surface area contributed by atoms with Crippen molar-refractivity contribution in [1.82, 2.24) is 15.0 Å². The second-order valence-electron chi connectivity index (χ2n) is 5.98. The maximum absolute atomic E-state index is 12.6.